The number of hydrogen-bond acceptors (Lipinski definition) is 8. The number of aromatic nitrogens is 3. The third-order valence-electron chi connectivity index (χ3n) is 5.21. The van der Waals surface area contributed by atoms with Crippen LogP contribution in [0.15, 0.2) is 73.2 Å². The van der Waals surface area contributed by atoms with Crippen LogP contribution in [-0.2, 0) is 4.74 Å². The topological polar surface area (TPSA) is 102 Å². The number of para-hydroxylation sites is 1. The van der Waals surface area contributed by atoms with Gasteiger partial charge in [0.25, 0.3) is 0 Å². The zero-order valence-corrected chi connectivity index (χ0v) is 19.4. The van der Waals surface area contributed by atoms with Crippen molar-refractivity contribution in [2.75, 3.05) is 27.9 Å². The molecule has 0 aliphatic rings. The molecule has 0 amide bonds. The van der Waals surface area contributed by atoms with Gasteiger partial charge in [0, 0.05) is 29.7 Å². The predicted octanol–water partition coefficient (Wildman–Crippen LogP) is 4.00. The van der Waals surface area contributed by atoms with Gasteiger partial charge in [0.2, 0.25) is 11.5 Å². The van der Waals surface area contributed by atoms with E-state index in [9.17, 15) is 9.59 Å². The number of carbonyl (C=O) groups is 2. The van der Waals surface area contributed by atoms with E-state index in [1.54, 1.807) is 35.4 Å². The van der Waals surface area contributed by atoms with Gasteiger partial charge >= 0.3 is 5.97 Å². The Morgan fingerprint density at radius 1 is 0.914 bits per heavy atom. The highest BCUT2D eigenvalue weighted by Gasteiger charge is 2.22. The van der Waals surface area contributed by atoms with Gasteiger partial charge in [-0.05, 0) is 36.4 Å². The molecule has 0 aliphatic carbocycles. The molecule has 0 aliphatic heterocycles. The first-order valence-corrected chi connectivity index (χ1v) is 10.6. The monoisotopic (exact) mass is 473 g/mol. The lowest BCUT2D eigenvalue weighted by molar-refractivity contribution is 0.0475. The normalized spacial score (nSPS) is 10.5. The fraction of sp³-hybridized carbons (Fsp3) is 0.154. The van der Waals surface area contributed by atoms with Crippen molar-refractivity contribution in [2.45, 2.75) is 0 Å². The quantitative estimate of drug-likeness (QED) is 0.266. The van der Waals surface area contributed by atoms with Crippen molar-refractivity contribution in [1.82, 2.24) is 14.8 Å². The summed E-state index contributed by atoms with van der Waals surface area (Å²) in [4.78, 5) is 30.0. The van der Waals surface area contributed by atoms with E-state index in [1.165, 1.54) is 33.5 Å². The van der Waals surface area contributed by atoms with Crippen LogP contribution in [0.1, 0.15) is 20.7 Å². The van der Waals surface area contributed by atoms with Crippen molar-refractivity contribution >= 4 is 11.8 Å². The van der Waals surface area contributed by atoms with Crippen LogP contribution in [0.2, 0.25) is 0 Å². The number of nitrogens with zero attached hydrogens (tertiary/aromatic N) is 3. The number of Topliss-reactive ketones (excluding diaryl/α,β-unsaturated/α-hetero) is 1. The van der Waals surface area contributed by atoms with Gasteiger partial charge in [-0.1, -0.05) is 18.2 Å². The molecule has 0 bridgehead atoms. The number of ether oxygens (including phenoxy) is 4. The van der Waals surface area contributed by atoms with Gasteiger partial charge in [-0.2, -0.15) is 5.10 Å². The number of ketones is 1. The molecule has 9 nitrogen and oxygen atoms in total. The molecule has 0 radical (unpaired) electrons. The van der Waals surface area contributed by atoms with Crippen LogP contribution in [0.4, 0.5) is 0 Å². The highest BCUT2D eigenvalue weighted by Crippen LogP contribution is 2.38. The van der Waals surface area contributed by atoms with Crippen molar-refractivity contribution < 1.29 is 28.5 Å². The molecule has 0 atom stereocenters. The van der Waals surface area contributed by atoms with E-state index in [2.05, 4.69) is 10.1 Å². The molecule has 2 aromatic carbocycles. The summed E-state index contributed by atoms with van der Waals surface area (Å²) in [5, 5.41) is 4.57. The third kappa shape index (κ3) is 4.98. The maximum atomic E-state index is 13.0. The minimum Gasteiger partial charge on any atom is -0.493 e. The largest absolute Gasteiger partial charge is 0.493 e. The van der Waals surface area contributed by atoms with E-state index < -0.39 is 18.4 Å². The first-order chi connectivity index (χ1) is 17.0. The second-order valence-electron chi connectivity index (χ2n) is 7.33. The molecule has 2 aromatic heterocycles. The van der Waals surface area contributed by atoms with E-state index >= 15 is 0 Å². The van der Waals surface area contributed by atoms with Gasteiger partial charge in [-0.25, -0.2) is 9.48 Å². The molecule has 2 heterocycles. The maximum absolute atomic E-state index is 13.0. The Hall–Kier alpha value is -4.66. The number of carbonyl (C=O) groups excluding carboxylic acids is 2. The minimum atomic E-state index is -0.688. The third-order valence-corrected chi connectivity index (χ3v) is 5.21. The lowest BCUT2D eigenvalue weighted by Crippen LogP contribution is -2.15. The van der Waals surface area contributed by atoms with Crippen LogP contribution < -0.4 is 14.2 Å². The number of esters is 1. The molecule has 0 N–H and O–H groups in total. The fourth-order valence-corrected chi connectivity index (χ4v) is 3.49. The van der Waals surface area contributed by atoms with Gasteiger partial charge in [0.15, 0.2) is 18.1 Å². The van der Waals surface area contributed by atoms with Crippen LogP contribution in [0.5, 0.6) is 17.2 Å². The molecule has 4 rings (SSSR count). The van der Waals surface area contributed by atoms with E-state index in [1.807, 2.05) is 30.3 Å². The van der Waals surface area contributed by atoms with Crippen LogP contribution in [0.3, 0.4) is 0 Å². The van der Waals surface area contributed by atoms with E-state index in [0.29, 0.717) is 28.5 Å². The van der Waals surface area contributed by atoms with E-state index in [4.69, 9.17) is 18.9 Å². The molecular formula is C26H23N3O6. The van der Waals surface area contributed by atoms with Crippen molar-refractivity contribution in [3.05, 3.63) is 84.3 Å². The Labute approximate surface area is 201 Å². The van der Waals surface area contributed by atoms with Crippen molar-refractivity contribution in [1.29, 1.82) is 0 Å². The second-order valence-corrected chi connectivity index (χ2v) is 7.33. The average Bonchev–Trinajstić information content (AvgIpc) is 3.37. The van der Waals surface area contributed by atoms with E-state index in [0.717, 1.165) is 5.69 Å². The van der Waals surface area contributed by atoms with Crippen molar-refractivity contribution in [3.8, 4) is 34.2 Å². The van der Waals surface area contributed by atoms with Gasteiger partial charge in [-0.3, -0.25) is 9.78 Å². The van der Waals surface area contributed by atoms with Crippen molar-refractivity contribution in [2.24, 2.45) is 0 Å². The number of methoxy groups -OCH3 is 3. The molecule has 0 saturated carbocycles. The van der Waals surface area contributed by atoms with Crippen LogP contribution in [-0.4, -0.2) is 54.5 Å². The minimum absolute atomic E-state index is 0.208. The number of rotatable bonds is 9. The lowest BCUT2D eigenvalue weighted by atomic mass is 10.1. The molecule has 0 saturated heterocycles. The summed E-state index contributed by atoms with van der Waals surface area (Å²) < 4.78 is 22.8. The van der Waals surface area contributed by atoms with Gasteiger partial charge in [0.1, 0.15) is 11.3 Å². The predicted molar refractivity (Wildman–Crippen MR) is 128 cm³/mol. The molecule has 0 unspecified atom stereocenters. The Balaban J connectivity index is 1.59. The Bertz CT molecular complexity index is 1310. The van der Waals surface area contributed by atoms with Gasteiger partial charge < -0.3 is 18.9 Å². The molecule has 0 spiro atoms. The lowest BCUT2D eigenvalue weighted by Gasteiger charge is -2.13. The number of pyridine rings is 1. The van der Waals surface area contributed by atoms with Crippen LogP contribution in [0, 0.1) is 0 Å². The smallest absolute Gasteiger partial charge is 0.342 e. The van der Waals surface area contributed by atoms with E-state index in [-0.39, 0.29) is 11.1 Å². The highest BCUT2D eigenvalue weighted by molar-refractivity contribution is 6.01. The number of hydrogen-bond donors (Lipinski definition) is 0. The summed E-state index contributed by atoms with van der Waals surface area (Å²) in [6.07, 6.45) is 4.81. The summed E-state index contributed by atoms with van der Waals surface area (Å²) in [6.45, 7) is -0.486. The zero-order chi connectivity index (χ0) is 24.8. The summed E-state index contributed by atoms with van der Waals surface area (Å²) in [6, 6.07) is 15.9. The first-order valence-electron chi connectivity index (χ1n) is 10.6. The standard InChI is InChI=1S/C26H23N3O6/c1-32-22-12-18(13-23(33-2)25(22)34-3)21(30)16-35-26(31)20-15-29(19-9-5-4-6-10-19)28-24(20)17-8-7-11-27-14-17/h4-15H,16H2,1-3H3. The van der Waals surface area contributed by atoms with Crippen LogP contribution >= 0.6 is 0 Å². The molecule has 178 valence electrons. The van der Waals surface area contributed by atoms with Gasteiger partial charge in [0.05, 0.1) is 27.0 Å². The number of benzene rings is 2. The summed E-state index contributed by atoms with van der Waals surface area (Å²) in [7, 11) is 4.38. The zero-order valence-electron chi connectivity index (χ0n) is 19.4. The summed E-state index contributed by atoms with van der Waals surface area (Å²) in [5.41, 5.74) is 2.27. The fourth-order valence-electron chi connectivity index (χ4n) is 3.49. The molecule has 0 fully saturated rings. The maximum Gasteiger partial charge on any atom is 0.342 e. The SMILES string of the molecule is COc1cc(C(=O)COC(=O)c2cn(-c3ccccc3)nc2-c2cccnc2)cc(OC)c1OC. The van der Waals surface area contributed by atoms with Crippen LogP contribution in [0.25, 0.3) is 16.9 Å². The average molecular weight is 473 g/mol. The summed E-state index contributed by atoms with van der Waals surface area (Å²) >= 11 is 0. The van der Waals surface area contributed by atoms with Crippen molar-refractivity contribution in [3.63, 3.8) is 0 Å². The Morgan fingerprint density at radius 2 is 1.63 bits per heavy atom. The van der Waals surface area contributed by atoms with Gasteiger partial charge in [-0.15, -0.1) is 0 Å². The Morgan fingerprint density at radius 3 is 2.23 bits per heavy atom. The summed E-state index contributed by atoms with van der Waals surface area (Å²) in [5.74, 6) is -0.116. The molecule has 9 heteroatoms. The first kappa shape index (κ1) is 23.5. The molecule has 4 aromatic rings. The second kappa shape index (κ2) is 10.5. The molecular weight excluding hydrogens is 450 g/mol. The highest BCUT2D eigenvalue weighted by atomic mass is 16.5. The molecule has 35 heavy (non-hydrogen) atoms. The Kier molecular flexibility index (Phi) is 7.06.